The molecule has 2 aromatic heterocycles. The molecule has 0 atom stereocenters. The molecular formula is C13H13N3OS2. The SMILES string of the molecule is N#CCCSc1nc2sc3c(c2c(=O)[nH]1)CCCC3. The predicted octanol–water partition coefficient (Wildman–Crippen LogP) is 2.87. The molecule has 0 spiro atoms. The zero-order chi connectivity index (χ0) is 13.2. The van der Waals surface area contributed by atoms with E-state index in [2.05, 4.69) is 16.0 Å². The molecule has 0 unspecified atom stereocenters. The van der Waals surface area contributed by atoms with Crippen LogP contribution in [-0.4, -0.2) is 15.7 Å². The van der Waals surface area contributed by atoms with Gasteiger partial charge in [-0.05, 0) is 31.2 Å². The van der Waals surface area contributed by atoms with Crippen LogP contribution in [0.15, 0.2) is 9.95 Å². The second-order valence-corrected chi connectivity index (χ2v) is 6.69. The second-order valence-electron chi connectivity index (χ2n) is 4.52. The average Bonchev–Trinajstić information content (AvgIpc) is 2.77. The maximum atomic E-state index is 12.2. The molecule has 1 aliphatic rings. The fraction of sp³-hybridized carbons (Fsp3) is 0.462. The molecule has 2 heterocycles. The van der Waals surface area contributed by atoms with Crippen LogP contribution in [0.1, 0.15) is 29.7 Å². The van der Waals surface area contributed by atoms with Crippen molar-refractivity contribution < 1.29 is 0 Å². The predicted molar refractivity (Wildman–Crippen MR) is 77.8 cm³/mol. The summed E-state index contributed by atoms with van der Waals surface area (Å²) in [5, 5.41) is 9.95. The summed E-state index contributed by atoms with van der Waals surface area (Å²) in [4.78, 5) is 21.8. The Morgan fingerprint density at radius 1 is 1.42 bits per heavy atom. The van der Waals surface area contributed by atoms with Crippen LogP contribution in [0.4, 0.5) is 0 Å². The molecule has 19 heavy (non-hydrogen) atoms. The molecule has 98 valence electrons. The van der Waals surface area contributed by atoms with Crippen molar-refractivity contribution in [3.63, 3.8) is 0 Å². The molecule has 6 heteroatoms. The zero-order valence-corrected chi connectivity index (χ0v) is 12.0. The summed E-state index contributed by atoms with van der Waals surface area (Å²) in [5.74, 6) is 0.663. The van der Waals surface area contributed by atoms with Crippen LogP contribution in [0.5, 0.6) is 0 Å². The molecule has 2 aromatic rings. The first-order valence-electron chi connectivity index (χ1n) is 6.34. The lowest BCUT2D eigenvalue weighted by Gasteiger charge is -2.09. The van der Waals surface area contributed by atoms with Crippen LogP contribution in [0.2, 0.25) is 0 Å². The molecule has 0 aromatic carbocycles. The van der Waals surface area contributed by atoms with Crippen molar-refractivity contribution in [1.29, 1.82) is 5.26 Å². The van der Waals surface area contributed by atoms with Gasteiger partial charge in [-0.1, -0.05) is 11.8 Å². The van der Waals surface area contributed by atoms with E-state index in [0.717, 1.165) is 29.5 Å². The lowest BCUT2D eigenvalue weighted by atomic mass is 9.97. The molecule has 0 amide bonds. The second kappa shape index (κ2) is 5.35. The first-order valence-corrected chi connectivity index (χ1v) is 8.14. The Bertz CT molecular complexity index is 711. The molecular weight excluding hydrogens is 278 g/mol. The fourth-order valence-electron chi connectivity index (χ4n) is 2.41. The molecule has 0 bridgehead atoms. The Labute approximate surface area is 118 Å². The molecule has 3 rings (SSSR count). The van der Waals surface area contributed by atoms with E-state index < -0.39 is 0 Å². The summed E-state index contributed by atoms with van der Waals surface area (Å²) in [5.41, 5.74) is 1.19. The summed E-state index contributed by atoms with van der Waals surface area (Å²) in [7, 11) is 0. The van der Waals surface area contributed by atoms with Gasteiger partial charge in [0, 0.05) is 17.1 Å². The topological polar surface area (TPSA) is 69.5 Å². The van der Waals surface area contributed by atoms with E-state index in [1.54, 1.807) is 11.3 Å². The molecule has 0 aliphatic heterocycles. The first-order chi connectivity index (χ1) is 9.29. The highest BCUT2D eigenvalue weighted by Gasteiger charge is 2.19. The van der Waals surface area contributed by atoms with E-state index in [-0.39, 0.29) is 5.56 Å². The van der Waals surface area contributed by atoms with Gasteiger partial charge >= 0.3 is 0 Å². The van der Waals surface area contributed by atoms with E-state index in [1.807, 2.05) is 0 Å². The minimum atomic E-state index is -0.0242. The Kier molecular flexibility index (Phi) is 3.58. The number of aromatic nitrogens is 2. The number of nitrogens with zero attached hydrogens (tertiary/aromatic N) is 2. The summed E-state index contributed by atoms with van der Waals surface area (Å²) in [6, 6.07) is 2.09. The van der Waals surface area contributed by atoms with Gasteiger partial charge < -0.3 is 4.98 Å². The summed E-state index contributed by atoms with van der Waals surface area (Å²) < 4.78 is 0. The van der Waals surface area contributed by atoms with Crippen LogP contribution >= 0.6 is 23.1 Å². The molecule has 0 saturated carbocycles. The van der Waals surface area contributed by atoms with E-state index in [4.69, 9.17) is 5.26 Å². The summed E-state index contributed by atoms with van der Waals surface area (Å²) in [6.07, 6.45) is 4.92. The van der Waals surface area contributed by atoms with Crippen molar-refractivity contribution in [1.82, 2.24) is 9.97 Å². The van der Waals surface area contributed by atoms with E-state index in [1.165, 1.54) is 28.6 Å². The van der Waals surface area contributed by atoms with Crippen LogP contribution < -0.4 is 5.56 Å². The maximum Gasteiger partial charge on any atom is 0.260 e. The van der Waals surface area contributed by atoms with Gasteiger partial charge in [-0.25, -0.2) is 4.98 Å². The van der Waals surface area contributed by atoms with E-state index in [9.17, 15) is 4.79 Å². The van der Waals surface area contributed by atoms with Crippen LogP contribution in [0, 0.1) is 11.3 Å². The van der Waals surface area contributed by atoms with Crippen molar-refractivity contribution >= 4 is 33.3 Å². The minimum absolute atomic E-state index is 0.0242. The number of nitriles is 1. The number of aromatic amines is 1. The first kappa shape index (κ1) is 12.7. The average molecular weight is 291 g/mol. The zero-order valence-electron chi connectivity index (χ0n) is 10.4. The number of hydrogen-bond donors (Lipinski definition) is 1. The van der Waals surface area contributed by atoms with Crippen LogP contribution in [0.25, 0.3) is 10.2 Å². The van der Waals surface area contributed by atoms with Crippen molar-refractivity contribution in [3.05, 3.63) is 20.8 Å². The highest BCUT2D eigenvalue weighted by atomic mass is 32.2. The van der Waals surface area contributed by atoms with Crippen molar-refractivity contribution in [3.8, 4) is 6.07 Å². The lowest BCUT2D eigenvalue weighted by molar-refractivity contribution is 0.700. The van der Waals surface area contributed by atoms with Crippen molar-refractivity contribution in [2.75, 3.05) is 5.75 Å². The van der Waals surface area contributed by atoms with Crippen LogP contribution in [0.3, 0.4) is 0 Å². The van der Waals surface area contributed by atoms with Gasteiger partial charge in [0.15, 0.2) is 5.16 Å². The highest BCUT2D eigenvalue weighted by Crippen LogP contribution is 2.34. The van der Waals surface area contributed by atoms with Gasteiger partial charge in [-0.15, -0.1) is 11.3 Å². The molecule has 0 radical (unpaired) electrons. The van der Waals surface area contributed by atoms with Crippen LogP contribution in [-0.2, 0) is 12.8 Å². The Hall–Kier alpha value is -1.32. The van der Waals surface area contributed by atoms with Gasteiger partial charge in [0.25, 0.3) is 5.56 Å². The number of fused-ring (bicyclic) bond motifs is 3. The van der Waals surface area contributed by atoms with Gasteiger partial charge in [-0.3, -0.25) is 4.79 Å². The monoisotopic (exact) mass is 291 g/mol. The number of hydrogen-bond acceptors (Lipinski definition) is 5. The van der Waals surface area contributed by atoms with Gasteiger partial charge in [0.1, 0.15) is 4.83 Å². The maximum absolute atomic E-state index is 12.2. The third kappa shape index (κ3) is 2.40. The standard InChI is InChI=1S/C13H13N3OS2/c14-6-3-7-18-13-15-11(17)10-8-4-1-2-5-9(8)19-12(10)16-13/h1-5,7H2,(H,15,16,17). The van der Waals surface area contributed by atoms with Crippen molar-refractivity contribution in [2.45, 2.75) is 37.3 Å². The molecule has 0 fully saturated rings. The number of nitrogens with one attached hydrogen (secondary N) is 1. The smallest absolute Gasteiger partial charge is 0.260 e. The van der Waals surface area contributed by atoms with Gasteiger partial charge in [0.2, 0.25) is 0 Å². The molecule has 4 nitrogen and oxygen atoms in total. The molecule has 0 saturated heterocycles. The highest BCUT2D eigenvalue weighted by molar-refractivity contribution is 7.99. The largest absolute Gasteiger partial charge is 0.301 e. The number of aryl methyl sites for hydroxylation is 2. The summed E-state index contributed by atoms with van der Waals surface area (Å²) >= 11 is 3.10. The number of thiophene rings is 1. The van der Waals surface area contributed by atoms with Gasteiger partial charge in [-0.2, -0.15) is 5.26 Å². The third-order valence-corrected chi connectivity index (χ3v) is 5.32. The molecule has 1 aliphatic carbocycles. The number of rotatable bonds is 3. The quantitative estimate of drug-likeness (QED) is 0.536. The minimum Gasteiger partial charge on any atom is -0.301 e. The number of thioether (sulfide) groups is 1. The van der Waals surface area contributed by atoms with Gasteiger partial charge in [0.05, 0.1) is 11.5 Å². The van der Waals surface area contributed by atoms with E-state index in [0.29, 0.717) is 17.3 Å². The van der Waals surface area contributed by atoms with Crippen molar-refractivity contribution in [2.24, 2.45) is 0 Å². The Morgan fingerprint density at radius 2 is 2.26 bits per heavy atom. The third-order valence-electron chi connectivity index (χ3n) is 3.26. The summed E-state index contributed by atoms with van der Waals surface area (Å²) in [6.45, 7) is 0. The lowest BCUT2D eigenvalue weighted by Crippen LogP contribution is -2.10. The molecule has 1 N–H and O–H groups in total. The Morgan fingerprint density at radius 3 is 3.11 bits per heavy atom. The Balaban J connectivity index is 2.02. The fourth-order valence-corrected chi connectivity index (χ4v) is 4.43. The normalized spacial score (nSPS) is 14.3. The number of H-pyrrole nitrogens is 1. The van der Waals surface area contributed by atoms with E-state index >= 15 is 0 Å².